The van der Waals surface area contributed by atoms with E-state index in [1.54, 1.807) is 6.07 Å². The maximum absolute atomic E-state index is 6.46. The Balaban J connectivity index is 1.25. The highest BCUT2D eigenvalue weighted by Gasteiger charge is 2.34. The number of ether oxygens (including phenoxy) is 1. The van der Waals surface area contributed by atoms with Gasteiger partial charge in [-0.2, -0.15) is 0 Å². The number of benzene rings is 1. The molecule has 0 N–H and O–H groups in total. The summed E-state index contributed by atoms with van der Waals surface area (Å²) in [5, 5.41) is 9.76. The highest BCUT2D eigenvalue weighted by molar-refractivity contribution is 9.10. The summed E-state index contributed by atoms with van der Waals surface area (Å²) < 4.78 is 9.18. The molecule has 1 saturated heterocycles. The number of piperidine rings is 1. The SMILES string of the molecule is C[C@@H](c1cc(Cl)cc(Cl)c1)N1CCC(C)(COc2cc3nnc(Br)n3cc2C2CC2)CC1. The van der Waals surface area contributed by atoms with Crippen LogP contribution in [0.5, 0.6) is 5.75 Å². The summed E-state index contributed by atoms with van der Waals surface area (Å²) in [7, 11) is 0. The van der Waals surface area contributed by atoms with Crippen LogP contribution in [0.25, 0.3) is 5.65 Å². The van der Waals surface area contributed by atoms with Gasteiger partial charge in [0, 0.05) is 39.3 Å². The lowest BCUT2D eigenvalue weighted by Gasteiger charge is -2.41. The van der Waals surface area contributed by atoms with Gasteiger partial charge in [-0.15, -0.1) is 10.2 Å². The Bertz CT molecular complexity index is 1120. The van der Waals surface area contributed by atoms with Gasteiger partial charge < -0.3 is 4.74 Å². The number of fused-ring (bicyclic) bond motifs is 1. The quantitative estimate of drug-likeness (QED) is 0.342. The smallest absolute Gasteiger partial charge is 0.204 e. The van der Waals surface area contributed by atoms with E-state index in [0.717, 1.165) is 42.1 Å². The number of halogens is 3. The average molecular weight is 538 g/mol. The minimum Gasteiger partial charge on any atom is -0.493 e. The normalized spacial score (nSPS) is 19.9. The molecule has 0 spiro atoms. The largest absolute Gasteiger partial charge is 0.493 e. The van der Waals surface area contributed by atoms with Crippen LogP contribution in [0.1, 0.15) is 62.6 Å². The molecule has 2 fully saturated rings. The number of pyridine rings is 1. The molecular weight excluding hydrogens is 511 g/mol. The van der Waals surface area contributed by atoms with E-state index in [2.05, 4.69) is 51.1 Å². The van der Waals surface area contributed by atoms with Gasteiger partial charge in [-0.3, -0.25) is 9.30 Å². The molecule has 3 heterocycles. The van der Waals surface area contributed by atoms with E-state index < -0.39 is 0 Å². The van der Waals surface area contributed by atoms with Crippen LogP contribution < -0.4 is 4.74 Å². The van der Waals surface area contributed by atoms with Crippen molar-refractivity contribution >= 4 is 44.8 Å². The molecule has 8 heteroatoms. The van der Waals surface area contributed by atoms with Crippen molar-refractivity contribution < 1.29 is 4.74 Å². The first kappa shape index (κ1) is 22.5. The number of likely N-dealkylation sites (tertiary alicyclic amines) is 1. The second kappa shape index (κ2) is 8.79. The van der Waals surface area contributed by atoms with Gasteiger partial charge in [-0.25, -0.2) is 0 Å². The lowest BCUT2D eigenvalue weighted by molar-refractivity contribution is 0.0511. The van der Waals surface area contributed by atoms with E-state index in [0.29, 0.717) is 22.6 Å². The number of nitrogens with zero attached hydrogens (tertiary/aromatic N) is 4. The Morgan fingerprint density at radius 3 is 2.47 bits per heavy atom. The Morgan fingerprint density at radius 1 is 1.12 bits per heavy atom. The van der Waals surface area contributed by atoms with Gasteiger partial charge in [0.25, 0.3) is 0 Å². The van der Waals surface area contributed by atoms with Crippen molar-refractivity contribution in [2.45, 2.75) is 51.5 Å². The first-order valence-electron chi connectivity index (χ1n) is 11.2. The van der Waals surface area contributed by atoms with Crippen LogP contribution in [-0.4, -0.2) is 39.2 Å². The molecule has 1 aromatic carbocycles. The molecule has 0 amide bonds. The Morgan fingerprint density at radius 2 is 1.81 bits per heavy atom. The predicted molar refractivity (Wildman–Crippen MR) is 132 cm³/mol. The Labute approximate surface area is 207 Å². The zero-order valence-corrected chi connectivity index (χ0v) is 21.4. The average Bonchev–Trinajstić information content (AvgIpc) is 3.55. The van der Waals surface area contributed by atoms with Crippen LogP contribution in [0.15, 0.2) is 35.2 Å². The summed E-state index contributed by atoms with van der Waals surface area (Å²) in [6, 6.07) is 8.15. The summed E-state index contributed by atoms with van der Waals surface area (Å²) in [6.07, 6.45) is 6.75. The van der Waals surface area contributed by atoms with Crippen LogP contribution in [-0.2, 0) is 0 Å². The zero-order valence-electron chi connectivity index (χ0n) is 18.3. The van der Waals surface area contributed by atoms with E-state index in [4.69, 9.17) is 27.9 Å². The standard InChI is InChI=1S/C24H27BrCl2N4O/c1-15(17-9-18(26)11-19(27)10-17)30-7-5-24(2,6-8-30)14-32-21-12-22-28-29-23(25)31(22)13-20(21)16-3-4-16/h9-13,15-16H,3-8,14H2,1-2H3/t15-/m0/s1. The van der Waals surface area contributed by atoms with E-state index in [9.17, 15) is 0 Å². The van der Waals surface area contributed by atoms with Gasteiger partial charge in [0.2, 0.25) is 4.73 Å². The predicted octanol–water partition coefficient (Wildman–Crippen LogP) is 6.92. The van der Waals surface area contributed by atoms with Crippen LogP contribution >= 0.6 is 39.1 Å². The van der Waals surface area contributed by atoms with Crippen molar-refractivity contribution in [1.29, 1.82) is 0 Å². The molecule has 5 rings (SSSR count). The summed E-state index contributed by atoms with van der Waals surface area (Å²) in [5.41, 5.74) is 3.39. The monoisotopic (exact) mass is 536 g/mol. The molecule has 1 atom stereocenters. The molecule has 3 aromatic rings. The molecule has 2 aliphatic rings. The van der Waals surface area contributed by atoms with Gasteiger partial charge in [-0.1, -0.05) is 30.1 Å². The van der Waals surface area contributed by atoms with Crippen molar-refractivity contribution in [2.24, 2.45) is 5.41 Å². The van der Waals surface area contributed by atoms with Crippen molar-refractivity contribution in [3.05, 3.63) is 56.4 Å². The van der Waals surface area contributed by atoms with Crippen molar-refractivity contribution in [3.63, 3.8) is 0 Å². The molecular formula is C24H27BrCl2N4O. The summed E-state index contributed by atoms with van der Waals surface area (Å²) in [5.74, 6) is 1.55. The van der Waals surface area contributed by atoms with Gasteiger partial charge in [-0.05, 0) is 91.3 Å². The van der Waals surface area contributed by atoms with Gasteiger partial charge in [0.05, 0.1) is 6.61 Å². The summed E-state index contributed by atoms with van der Waals surface area (Å²) in [4.78, 5) is 2.51. The second-order valence-electron chi connectivity index (χ2n) is 9.58. The molecule has 2 aromatic heterocycles. The highest BCUT2D eigenvalue weighted by Crippen LogP contribution is 2.45. The molecule has 0 radical (unpaired) electrons. The van der Waals surface area contributed by atoms with Gasteiger partial charge in [0.15, 0.2) is 5.65 Å². The summed E-state index contributed by atoms with van der Waals surface area (Å²) in [6.45, 7) is 7.33. The number of hydrogen-bond donors (Lipinski definition) is 0. The number of hydrogen-bond acceptors (Lipinski definition) is 4. The Hall–Kier alpha value is -1.34. The molecule has 32 heavy (non-hydrogen) atoms. The molecule has 1 aliphatic carbocycles. The third kappa shape index (κ3) is 4.65. The molecule has 5 nitrogen and oxygen atoms in total. The van der Waals surface area contributed by atoms with Crippen LogP contribution in [0, 0.1) is 5.41 Å². The van der Waals surface area contributed by atoms with E-state index >= 15 is 0 Å². The van der Waals surface area contributed by atoms with E-state index in [-0.39, 0.29) is 11.5 Å². The molecule has 170 valence electrons. The highest BCUT2D eigenvalue weighted by atomic mass is 79.9. The minimum absolute atomic E-state index is 0.142. The third-order valence-corrected chi connectivity index (χ3v) is 7.98. The van der Waals surface area contributed by atoms with Crippen LogP contribution in [0.3, 0.4) is 0 Å². The fourth-order valence-corrected chi connectivity index (χ4v) is 5.51. The lowest BCUT2D eigenvalue weighted by Crippen LogP contribution is -2.42. The Kier molecular flexibility index (Phi) is 6.16. The zero-order chi connectivity index (χ0) is 22.5. The molecule has 0 unspecified atom stereocenters. The summed E-state index contributed by atoms with van der Waals surface area (Å²) >= 11 is 15.9. The first-order valence-corrected chi connectivity index (χ1v) is 12.7. The van der Waals surface area contributed by atoms with Crippen LogP contribution in [0.4, 0.5) is 0 Å². The lowest BCUT2D eigenvalue weighted by atomic mass is 9.80. The molecule has 0 bridgehead atoms. The molecule has 1 saturated carbocycles. The van der Waals surface area contributed by atoms with Crippen molar-refractivity contribution in [1.82, 2.24) is 19.5 Å². The van der Waals surface area contributed by atoms with Crippen molar-refractivity contribution in [3.8, 4) is 5.75 Å². The number of rotatable bonds is 6. The van der Waals surface area contributed by atoms with Gasteiger partial charge in [0.1, 0.15) is 5.75 Å². The fourth-order valence-electron chi connectivity index (χ4n) is 4.61. The van der Waals surface area contributed by atoms with E-state index in [1.807, 2.05) is 22.6 Å². The fraction of sp³-hybridized carbons (Fsp3) is 0.500. The second-order valence-corrected chi connectivity index (χ2v) is 11.2. The third-order valence-electron chi connectivity index (χ3n) is 7.01. The number of aromatic nitrogens is 3. The maximum atomic E-state index is 6.46. The minimum atomic E-state index is 0.142. The first-order chi connectivity index (χ1) is 15.3. The molecule has 1 aliphatic heterocycles. The topological polar surface area (TPSA) is 42.7 Å². The van der Waals surface area contributed by atoms with Crippen molar-refractivity contribution in [2.75, 3.05) is 19.7 Å². The van der Waals surface area contributed by atoms with E-state index in [1.165, 1.54) is 24.0 Å². The maximum Gasteiger partial charge on any atom is 0.204 e. The van der Waals surface area contributed by atoms with Gasteiger partial charge >= 0.3 is 0 Å². The van der Waals surface area contributed by atoms with Crippen LogP contribution in [0.2, 0.25) is 10.0 Å².